The predicted molar refractivity (Wildman–Crippen MR) is 72.0 cm³/mol. The first-order valence-electron chi connectivity index (χ1n) is 6.00. The van der Waals surface area contributed by atoms with E-state index in [1.54, 1.807) is 13.3 Å². The van der Waals surface area contributed by atoms with Gasteiger partial charge in [0.15, 0.2) is 0 Å². The number of hydrogen-bond acceptors (Lipinski definition) is 4. The molecule has 0 fully saturated rings. The van der Waals surface area contributed by atoms with E-state index in [1.807, 2.05) is 37.3 Å². The minimum atomic E-state index is 0.725. The number of aromatic nitrogens is 2. The van der Waals surface area contributed by atoms with Gasteiger partial charge >= 0.3 is 0 Å². The molecular formula is C14H17N3O. The van der Waals surface area contributed by atoms with Gasteiger partial charge in [-0.15, -0.1) is 0 Å². The summed E-state index contributed by atoms with van der Waals surface area (Å²) in [5.41, 5.74) is 1.17. The van der Waals surface area contributed by atoms with Crippen molar-refractivity contribution in [3.05, 3.63) is 47.9 Å². The van der Waals surface area contributed by atoms with Crippen LogP contribution < -0.4 is 10.1 Å². The van der Waals surface area contributed by atoms with Crippen LogP contribution >= 0.6 is 0 Å². The number of ether oxygens (including phenoxy) is 1. The van der Waals surface area contributed by atoms with Crippen LogP contribution in [0.25, 0.3) is 0 Å². The van der Waals surface area contributed by atoms with E-state index in [9.17, 15) is 0 Å². The molecule has 4 nitrogen and oxygen atoms in total. The van der Waals surface area contributed by atoms with Crippen LogP contribution in [0.1, 0.15) is 18.3 Å². The molecule has 0 amide bonds. The number of rotatable bonds is 5. The molecule has 0 atom stereocenters. The Labute approximate surface area is 107 Å². The van der Waals surface area contributed by atoms with Gasteiger partial charge in [0.2, 0.25) is 0 Å². The Kier molecular flexibility index (Phi) is 4.12. The monoisotopic (exact) mass is 243 g/mol. The summed E-state index contributed by atoms with van der Waals surface area (Å²) in [6, 6.07) is 9.83. The Hall–Kier alpha value is -2.10. The SMILES string of the molecule is CCNc1ccnc(Cc2ccc(OC)cc2)n1. The van der Waals surface area contributed by atoms with Gasteiger partial charge in [0.05, 0.1) is 7.11 Å². The molecule has 0 unspecified atom stereocenters. The lowest BCUT2D eigenvalue weighted by atomic mass is 10.1. The summed E-state index contributed by atoms with van der Waals surface area (Å²) in [4.78, 5) is 8.72. The molecule has 18 heavy (non-hydrogen) atoms. The summed E-state index contributed by atoms with van der Waals surface area (Å²) in [7, 11) is 1.66. The molecule has 0 saturated heterocycles. The molecule has 1 aromatic heterocycles. The summed E-state index contributed by atoms with van der Waals surface area (Å²) in [5, 5.41) is 3.18. The normalized spacial score (nSPS) is 10.1. The minimum Gasteiger partial charge on any atom is -0.497 e. The minimum absolute atomic E-state index is 0.725. The summed E-state index contributed by atoms with van der Waals surface area (Å²) in [5.74, 6) is 2.55. The van der Waals surface area contributed by atoms with Crippen LogP contribution in [-0.2, 0) is 6.42 Å². The van der Waals surface area contributed by atoms with Gasteiger partial charge in [-0.1, -0.05) is 12.1 Å². The molecule has 4 heteroatoms. The van der Waals surface area contributed by atoms with Gasteiger partial charge < -0.3 is 10.1 Å². The number of methoxy groups -OCH3 is 1. The molecule has 0 radical (unpaired) electrons. The first-order valence-corrected chi connectivity index (χ1v) is 6.00. The van der Waals surface area contributed by atoms with E-state index < -0.39 is 0 Å². The molecule has 94 valence electrons. The lowest BCUT2D eigenvalue weighted by Crippen LogP contribution is -2.03. The highest BCUT2D eigenvalue weighted by Crippen LogP contribution is 2.13. The number of nitrogens with zero attached hydrogens (tertiary/aromatic N) is 2. The van der Waals surface area contributed by atoms with Gasteiger partial charge in [-0.3, -0.25) is 0 Å². The number of benzene rings is 1. The molecule has 0 aliphatic heterocycles. The maximum atomic E-state index is 5.13. The molecule has 2 rings (SSSR count). The molecule has 1 aromatic carbocycles. The van der Waals surface area contributed by atoms with Crippen LogP contribution in [0.2, 0.25) is 0 Å². The highest BCUT2D eigenvalue weighted by Gasteiger charge is 2.01. The average molecular weight is 243 g/mol. The fourth-order valence-corrected chi connectivity index (χ4v) is 1.69. The summed E-state index contributed by atoms with van der Waals surface area (Å²) >= 11 is 0. The largest absolute Gasteiger partial charge is 0.497 e. The lowest BCUT2D eigenvalue weighted by Gasteiger charge is -2.05. The van der Waals surface area contributed by atoms with E-state index in [2.05, 4.69) is 15.3 Å². The van der Waals surface area contributed by atoms with Crippen molar-refractivity contribution < 1.29 is 4.74 Å². The second kappa shape index (κ2) is 6.00. The van der Waals surface area contributed by atoms with Crippen LogP contribution in [0.15, 0.2) is 36.5 Å². The van der Waals surface area contributed by atoms with Crippen molar-refractivity contribution in [2.45, 2.75) is 13.3 Å². The third-order valence-corrected chi connectivity index (χ3v) is 2.58. The first-order chi connectivity index (χ1) is 8.81. The molecular weight excluding hydrogens is 226 g/mol. The maximum absolute atomic E-state index is 5.13. The van der Waals surface area contributed by atoms with Crippen molar-refractivity contribution in [2.24, 2.45) is 0 Å². The zero-order valence-corrected chi connectivity index (χ0v) is 10.7. The molecule has 0 aliphatic carbocycles. The van der Waals surface area contributed by atoms with Crippen LogP contribution in [0.5, 0.6) is 5.75 Å². The summed E-state index contributed by atoms with van der Waals surface area (Å²) in [6.07, 6.45) is 2.51. The van der Waals surface area contributed by atoms with Gasteiger partial charge in [-0.2, -0.15) is 0 Å². The molecule has 2 aromatic rings. The van der Waals surface area contributed by atoms with Crippen molar-refractivity contribution >= 4 is 5.82 Å². The zero-order valence-electron chi connectivity index (χ0n) is 10.7. The van der Waals surface area contributed by atoms with E-state index in [0.717, 1.165) is 30.4 Å². The first kappa shape index (κ1) is 12.4. The summed E-state index contributed by atoms with van der Waals surface area (Å²) in [6.45, 7) is 2.91. The van der Waals surface area contributed by atoms with Gasteiger partial charge in [-0.25, -0.2) is 9.97 Å². The third kappa shape index (κ3) is 3.20. The van der Waals surface area contributed by atoms with E-state index >= 15 is 0 Å². The van der Waals surface area contributed by atoms with Crippen LogP contribution in [0, 0.1) is 0 Å². The zero-order chi connectivity index (χ0) is 12.8. The second-order valence-corrected chi connectivity index (χ2v) is 3.91. The Balaban J connectivity index is 2.09. The Morgan fingerprint density at radius 2 is 1.94 bits per heavy atom. The molecule has 0 bridgehead atoms. The van der Waals surface area contributed by atoms with Gasteiger partial charge in [-0.05, 0) is 30.7 Å². The highest BCUT2D eigenvalue weighted by molar-refractivity contribution is 5.34. The van der Waals surface area contributed by atoms with Gasteiger partial charge in [0, 0.05) is 19.2 Å². The van der Waals surface area contributed by atoms with Crippen molar-refractivity contribution in [1.82, 2.24) is 9.97 Å². The quantitative estimate of drug-likeness (QED) is 0.876. The van der Waals surface area contributed by atoms with Gasteiger partial charge in [0.1, 0.15) is 17.4 Å². The van der Waals surface area contributed by atoms with Crippen LogP contribution in [0.3, 0.4) is 0 Å². The molecule has 1 heterocycles. The molecule has 0 spiro atoms. The second-order valence-electron chi connectivity index (χ2n) is 3.91. The van der Waals surface area contributed by atoms with E-state index in [1.165, 1.54) is 5.56 Å². The van der Waals surface area contributed by atoms with Crippen molar-refractivity contribution in [3.8, 4) is 5.75 Å². The average Bonchev–Trinajstić information content (AvgIpc) is 2.40. The fourth-order valence-electron chi connectivity index (χ4n) is 1.69. The Bertz CT molecular complexity index is 497. The van der Waals surface area contributed by atoms with Crippen molar-refractivity contribution in [2.75, 3.05) is 19.0 Å². The van der Waals surface area contributed by atoms with E-state index in [-0.39, 0.29) is 0 Å². The Morgan fingerprint density at radius 1 is 1.17 bits per heavy atom. The standard InChI is InChI=1S/C14H17N3O/c1-3-15-13-8-9-16-14(17-13)10-11-4-6-12(18-2)7-5-11/h4-9H,3,10H2,1-2H3,(H,15,16,17). The number of nitrogens with one attached hydrogen (secondary N) is 1. The molecule has 1 N–H and O–H groups in total. The number of anilines is 1. The topological polar surface area (TPSA) is 47.0 Å². The number of hydrogen-bond donors (Lipinski definition) is 1. The van der Waals surface area contributed by atoms with Crippen molar-refractivity contribution in [1.29, 1.82) is 0 Å². The fraction of sp³-hybridized carbons (Fsp3) is 0.286. The lowest BCUT2D eigenvalue weighted by molar-refractivity contribution is 0.414. The smallest absolute Gasteiger partial charge is 0.135 e. The van der Waals surface area contributed by atoms with Crippen LogP contribution in [0.4, 0.5) is 5.82 Å². The Morgan fingerprint density at radius 3 is 2.61 bits per heavy atom. The third-order valence-electron chi connectivity index (χ3n) is 2.58. The van der Waals surface area contributed by atoms with Crippen LogP contribution in [-0.4, -0.2) is 23.6 Å². The predicted octanol–water partition coefficient (Wildman–Crippen LogP) is 2.51. The summed E-state index contributed by atoms with van der Waals surface area (Å²) < 4.78 is 5.13. The molecule has 0 saturated carbocycles. The highest BCUT2D eigenvalue weighted by atomic mass is 16.5. The van der Waals surface area contributed by atoms with Crippen molar-refractivity contribution in [3.63, 3.8) is 0 Å². The van der Waals surface area contributed by atoms with E-state index in [0.29, 0.717) is 0 Å². The van der Waals surface area contributed by atoms with E-state index in [4.69, 9.17) is 4.74 Å². The maximum Gasteiger partial charge on any atom is 0.135 e. The van der Waals surface area contributed by atoms with Gasteiger partial charge in [0.25, 0.3) is 0 Å². The molecule has 0 aliphatic rings.